The summed E-state index contributed by atoms with van der Waals surface area (Å²) in [6.45, 7) is 1.57. The van der Waals surface area contributed by atoms with Crippen LogP contribution in [0.4, 0.5) is 5.82 Å². The maximum Gasteiger partial charge on any atom is 0.251 e. The maximum atomic E-state index is 12.2. The van der Waals surface area contributed by atoms with Crippen LogP contribution in [0.1, 0.15) is 23.2 Å². The summed E-state index contributed by atoms with van der Waals surface area (Å²) in [4.78, 5) is 22.5. The lowest BCUT2D eigenvalue weighted by atomic mass is 10.0. The highest BCUT2D eigenvalue weighted by molar-refractivity contribution is 6.36. The van der Waals surface area contributed by atoms with Crippen LogP contribution in [0.2, 0.25) is 10.0 Å². The SMILES string of the molecule is O=C(NC1CCN(c2ncc(Cl)cc2Cl)CC1)c1ccncc1. The fourth-order valence-corrected chi connectivity index (χ4v) is 3.15. The van der Waals surface area contributed by atoms with Crippen molar-refractivity contribution in [1.29, 1.82) is 0 Å². The molecule has 0 radical (unpaired) electrons. The van der Waals surface area contributed by atoms with Gasteiger partial charge >= 0.3 is 0 Å². The molecule has 7 heteroatoms. The lowest BCUT2D eigenvalue weighted by Gasteiger charge is -2.33. The molecule has 0 aliphatic carbocycles. The van der Waals surface area contributed by atoms with Crippen molar-refractivity contribution >= 4 is 34.9 Å². The van der Waals surface area contributed by atoms with E-state index >= 15 is 0 Å². The molecule has 0 aromatic carbocycles. The molecule has 23 heavy (non-hydrogen) atoms. The van der Waals surface area contributed by atoms with E-state index in [1.54, 1.807) is 36.8 Å². The normalized spacial score (nSPS) is 15.5. The van der Waals surface area contributed by atoms with Crippen LogP contribution in [0, 0.1) is 0 Å². The summed E-state index contributed by atoms with van der Waals surface area (Å²) in [5, 5.41) is 4.14. The Hall–Kier alpha value is -1.85. The van der Waals surface area contributed by atoms with Gasteiger partial charge in [-0.25, -0.2) is 4.98 Å². The molecule has 5 nitrogen and oxygen atoms in total. The van der Waals surface area contributed by atoms with Crippen LogP contribution in [0.15, 0.2) is 36.8 Å². The Morgan fingerprint density at radius 3 is 2.57 bits per heavy atom. The molecule has 0 unspecified atom stereocenters. The zero-order valence-corrected chi connectivity index (χ0v) is 13.9. The third-order valence-corrected chi connectivity index (χ3v) is 4.35. The molecule has 0 bridgehead atoms. The number of nitrogens with zero attached hydrogens (tertiary/aromatic N) is 3. The minimum atomic E-state index is -0.0616. The Labute approximate surface area is 144 Å². The Balaban J connectivity index is 1.57. The number of carbonyl (C=O) groups excluding carboxylic acids is 1. The molecule has 0 spiro atoms. The van der Waals surface area contributed by atoms with Crippen LogP contribution in [0.5, 0.6) is 0 Å². The lowest BCUT2D eigenvalue weighted by Crippen LogP contribution is -2.45. The van der Waals surface area contributed by atoms with Crippen molar-refractivity contribution in [3.63, 3.8) is 0 Å². The van der Waals surface area contributed by atoms with Crippen LogP contribution >= 0.6 is 23.2 Å². The number of nitrogens with one attached hydrogen (secondary N) is 1. The second-order valence-electron chi connectivity index (χ2n) is 5.43. The summed E-state index contributed by atoms with van der Waals surface area (Å²) >= 11 is 12.1. The van der Waals surface area contributed by atoms with Crippen LogP contribution in [0.25, 0.3) is 0 Å². The number of aromatic nitrogens is 2. The van der Waals surface area contributed by atoms with Crippen LogP contribution in [-0.4, -0.2) is 35.0 Å². The summed E-state index contributed by atoms with van der Waals surface area (Å²) < 4.78 is 0. The predicted octanol–water partition coefficient (Wildman–Crippen LogP) is 3.18. The molecular formula is C16H16Cl2N4O. The highest BCUT2D eigenvalue weighted by atomic mass is 35.5. The van der Waals surface area contributed by atoms with Gasteiger partial charge in [0.25, 0.3) is 5.91 Å². The molecule has 120 valence electrons. The summed E-state index contributed by atoms with van der Waals surface area (Å²) in [5.41, 5.74) is 0.629. The van der Waals surface area contributed by atoms with Crippen molar-refractivity contribution in [2.75, 3.05) is 18.0 Å². The van der Waals surface area contributed by atoms with Gasteiger partial charge in [-0.2, -0.15) is 0 Å². The first-order chi connectivity index (χ1) is 11.1. The average Bonchev–Trinajstić information content (AvgIpc) is 2.57. The predicted molar refractivity (Wildman–Crippen MR) is 91.2 cm³/mol. The van der Waals surface area contributed by atoms with Gasteiger partial charge in [-0.15, -0.1) is 0 Å². The number of halogens is 2. The number of hydrogen-bond acceptors (Lipinski definition) is 4. The first-order valence-corrected chi connectivity index (χ1v) is 8.16. The average molecular weight is 351 g/mol. The fraction of sp³-hybridized carbons (Fsp3) is 0.312. The minimum absolute atomic E-state index is 0.0616. The molecule has 0 atom stereocenters. The molecule has 0 saturated carbocycles. The van der Waals surface area contributed by atoms with Gasteiger partial charge in [0.1, 0.15) is 5.82 Å². The molecule has 1 N–H and O–H groups in total. The Kier molecular flexibility index (Phi) is 4.98. The van der Waals surface area contributed by atoms with Crippen LogP contribution in [-0.2, 0) is 0 Å². The quantitative estimate of drug-likeness (QED) is 0.923. The van der Waals surface area contributed by atoms with Gasteiger partial charge in [0.15, 0.2) is 0 Å². The number of amides is 1. The number of carbonyl (C=O) groups is 1. The van der Waals surface area contributed by atoms with E-state index < -0.39 is 0 Å². The highest BCUT2D eigenvalue weighted by Gasteiger charge is 2.23. The van der Waals surface area contributed by atoms with E-state index in [9.17, 15) is 4.79 Å². The standard InChI is InChI=1S/C16H16Cl2N4O/c17-12-9-14(18)15(20-10-12)22-7-3-13(4-8-22)21-16(23)11-1-5-19-6-2-11/h1-2,5-6,9-10,13H,3-4,7-8H2,(H,21,23). The lowest BCUT2D eigenvalue weighted by molar-refractivity contribution is 0.0931. The molecule has 1 saturated heterocycles. The first-order valence-electron chi connectivity index (χ1n) is 7.40. The summed E-state index contributed by atoms with van der Waals surface area (Å²) in [6.07, 6.45) is 6.52. The van der Waals surface area contributed by atoms with Gasteiger partial charge in [-0.3, -0.25) is 9.78 Å². The Bertz CT molecular complexity index is 688. The molecule has 1 fully saturated rings. The first kappa shape index (κ1) is 16.0. The Morgan fingerprint density at radius 2 is 1.91 bits per heavy atom. The van der Waals surface area contributed by atoms with E-state index in [0.29, 0.717) is 15.6 Å². The summed E-state index contributed by atoms with van der Waals surface area (Å²) in [6, 6.07) is 5.27. The van der Waals surface area contributed by atoms with Crippen molar-refractivity contribution in [3.05, 3.63) is 52.4 Å². The van der Waals surface area contributed by atoms with Crippen molar-refractivity contribution < 1.29 is 4.79 Å². The molecule has 3 heterocycles. The molecular weight excluding hydrogens is 335 g/mol. The zero-order valence-electron chi connectivity index (χ0n) is 12.4. The van der Waals surface area contributed by atoms with Crippen molar-refractivity contribution in [2.24, 2.45) is 0 Å². The highest BCUT2D eigenvalue weighted by Crippen LogP contribution is 2.28. The minimum Gasteiger partial charge on any atom is -0.355 e. The third-order valence-electron chi connectivity index (χ3n) is 3.86. The number of anilines is 1. The van der Waals surface area contributed by atoms with E-state index in [1.807, 2.05) is 0 Å². The Morgan fingerprint density at radius 1 is 1.22 bits per heavy atom. The number of pyridine rings is 2. The number of piperidine rings is 1. The third kappa shape index (κ3) is 3.92. The van der Waals surface area contributed by atoms with E-state index in [1.165, 1.54) is 0 Å². The maximum absolute atomic E-state index is 12.2. The monoisotopic (exact) mass is 350 g/mol. The summed E-state index contributed by atoms with van der Waals surface area (Å²) in [5.74, 6) is 0.684. The van der Waals surface area contributed by atoms with Gasteiger partial charge in [0.05, 0.1) is 10.0 Å². The smallest absolute Gasteiger partial charge is 0.251 e. The zero-order chi connectivity index (χ0) is 16.2. The van der Waals surface area contributed by atoms with Gasteiger partial charge in [-0.05, 0) is 31.0 Å². The van der Waals surface area contributed by atoms with Gasteiger partial charge in [0, 0.05) is 43.3 Å². The van der Waals surface area contributed by atoms with E-state index in [-0.39, 0.29) is 11.9 Å². The topological polar surface area (TPSA) is 58.1 Å². The summed E-state index contributed by atoms with van der Waals surface area (Å²) in [7, 11) is 0. The van der Waals surface area contributed by atoms with E-state index in [4.69, 9.17) is 23.2 Å². The second kappa shape index (κ2) is 7.15. The van der Waals surface area contributed by atoms with Gasteiger partial charge in [-0.1, -0.05) is 23.2 Å². The molecule has 1 aliphatic rings. The number of rotatable bonds is 3. The van der Waals surface area contributed by atoms with Gasteiger partial charge < -0.3 is 10.2 Å². The van der Waals surface area contributed by atoms with Crippen molar-refractivity contribution in [2.45, 2.75) is 18.9 Å². The van der Waals surface area contributed by atoms with E-state index in [2.05, 4.69) is 20.2 Å². The fourth-order valence-electron chi connectivity index (χ4n) is 2.65. The molecule has 2 aromatic heterocycles. The molecule has 1 amide bonds. The van der Waals surface area contributed by atoms with Crippen molar-refractivity contribution in [3.8, 4) is 0 Å². The molecule has 1 aliphatic heterocycles. The molecule has 3 rings (SSSR count). The molecule has 2 aromatic rings. The van der Waals surface area contributed by atoms with Crippen LogP contribution in [0.3, 0.4) is 0 Å². The van der Waals surface area contributed by atoms with Crippen LogP contribution < -0.4 is 10.2 Å². The van der Waals surface area contributed by atoms with E-state index in [0.717, 1.165) is 31.7 Å². The second-order valence-corrected chi connectivity index (χ2v) is 6.27. The number of hydrogen-bond donors (Lipinski definition) is 1. The van der Waals surface area contributed by atoms with Gasteiger partial charge in [0.2, 0.25) is 0 Å². The van der Waals surface area contributed by atoms with Crippen molar-refractivity contribution in [1.82, 2.24) is 15.3 Å². The largest absolute Gasteiger partial charge is 0.355 e.